The molecule has 0 aliphatic heterocycles. The Morgan fingerprint density at radius 3 is 2.76 bits per heavy atom. The molecule has 6 heteroatoms. The molecule has 1 amide bonds. The van der Waals surface area contributed by atoms with E-state index in [1.165, 1.54) is 23.5 Å². The van der Waals surface area contributed by atoms with Gasteiger partial charge in [-0.1, -0.05) is 11.6 Å². The molecule has 2 aromatic rings. The number of carbonyl (C=O) groups is 1. The number of rotatable bonds is 2. The number of halogens is 2. The number of hydrogen-bond acceptors (Lipinski definition) is 3. The Labute approximate surface area is 115 Å². The van der Waals surface area contributed by atoms with E-state index in [0.717, 1.165) is 4.47 Å². The highest BCUT2D eigenvalue weighted by molar-refractivity contribution is 9.10. The molecular formula is C11H7BrClNO2S. The normalized spacial score (nSPS) is 10.2. The van der Waals surface area contributed by atoms with Gasteiger partial charge in [0.1, 0.15) is 10.6 Å². The van der Waals surface area contributed by atoms with Crippen molar-refractivity contribution < 1.29 is 9.90 Å². The minimum absolute atomic E-state index is 0.0121. The number of thiophene rings is 1. The zero-order chi connectivity index (χ0) is 12.4. The highest BCUT2D eigenvalue weighted by Crippen LogP contribution is 2.28. The maximum absolute atomic E-state index is 11.9. The number of benzene rings is 1. The van der Waals surface area contributed by atoms with Crippen molar-refractivity contribution >= 4 is 50.5 Å². The monoisotopic (exact) mass is 331 g/mol. The SMILES string of the molecule is O=C(Nc1ccc(O)c(Cl)c1)c1sccc1Br. The highest BCUT2D eigenvalue weighted by atomic mass is 79.9. The summed E-state index contributed by atoms with van der Waals surface area (Å²) in [4.78, 5) is 12.4. The molecule has 2 N–H and O–H groups in total. The third-order valence-electron chi connectivity index (χ3n) is 2.03. The number of nitrogens with one attached hydrogen (secondary N) is 1. The minimum atomic E-state index is -0.214. The Morgan fingerprint density at radius 2 is 2.18 bits per heavy atom. The average molecular weight is 333 g/mol. The second-order valence-electron chi connectivity index (χ2n) is 3.22. The molecule has 2 rings (SSSR count). The maximum Gasteiger partial charge on any atom is 0.266 e. The van der Waals surface area contributed by atoms with Crippen LogP contribution in [0.4, 0.5) is 5.69 Å². The van der Waals surface area contributed by atoms with Gasteiger partial charge in [0.2, 0.25) is 0 Å². The third kappa shape index (κ3) is 2.80. The molecule has 0 saturated carbocycles. The second-order valence-corrected chi connectivity index (χ2v) is 5.40. The molecule has 0 saturated heterocycles. The molecule has 0 fully saturated rings. The van der Waals surface area contributed by atoms with Gasteiger partial charge >= 0.3 is 0 Å². The minimum Gasteiger partial charge on any atom is -0.506 e. The van der Waals surface area contributed by atoms with Crippen molar-refractivity contribution in [2.75, 3.05) is 5.32 Å². The Kier molecular flexibility index (Phi) is 3.71. The van der Waals surface area contributed by atoms with Crippen molar-refractivity contribution in [1.29, 1.82) is 0 Å². The van der Waals surface area contributed by atoms with Gasteiger partial charge in [-0.3, -0.25) is 4.79 Å². The largest absolute Gasteiger partial charge is 0.506 e. The summed E-state index contributed by atoms with van der Waals surface area (Å²) in [6.45, 7) is 0. The van der Waals surface area contributed by atoms with Crippen LogP contribution in [0.2, 0.25) is 5.02 Å². The van der Waals surface area contributed by atoms with Crippen molar-refractivity contribution in [3.63, 3.8) is 0 Å². The summed E-state index contributed by atoms with van der Waals surface area (Å²) in [5.41, 5.74) is 0.540. The van der Waals surface area contributed by atoms with E-state index in [1.807, 2.05) is 11.4 Å². The predicted octanol–water partition coefficient (Wildman–Crippen LogP) is 4.12. The van der Waals surface area contributed by atoms with Gasteiger partial charge < -0.3 is 10.4 Å². The average Bonchev–Trinajstić information content (AvgIpc) is 2.70. The van der Waals surface area contributed by atoms with E-state index in [-0.39, 0.29) is 16.7 Å². The van der Waals surface area contributed by atoms with E-state index in [1.54, 1.807) is 6.07 Å². The molecule has 0 aliphatic carbocycles. The van der Waals surface area contributed by atoms with Gasteiger partial charge in [-0.05, 0) is 45.6 Å². The summed E-state index contributed by atoms with van der Waals surface area (Å²) in [7, 11) is 0. The van der Waals surface area contributed by atoms with Crippen LogP contribution in [0.5, 0.6) is 5.75 Å². The number of carbonyl (C=O) groups excluding carboxylic acids is 1. The molecule has 0 radical (unpaired) electrons. The van der Waals surface area contributed by atoms with Crippen LogP contribution in [0.15, 0.2) is 34.1 Å². The highest BCUT2D eigenvalue weighted by Gasteiger charge is 2.12. The van der Waals surface area contributed by atoms with E-state index in [2.05, 4.69) is 21.2 Å². The van der Waals surface area contributed by atoms with Crippen molar-refractivity contribution in [3.8, 4) is 5.75 Å². The molecule has 3 nitrogen and oxygen atoms in total. The van der Waals surface area contributed by atoms with Crippen LogP contribution < -0.4 is 5.32 Å². The number of phenols is 1. The lowest BCUT2D eigenvalue weighted by Crippen LogP contribution is -2.10. The van der Waals surface area contributed by atoms with Gasteiger partial charge in [0, 0.05) is 10.2 Å². The molecule has 0 unspecified atom stereocenters. The summed E-state index contributed by atoms with van der Waals surface area (Å²) in [5, 5.41) is 14.0. The van der Waals surface area contributed by atoms with Gasteiger partial charge in [-0.25, -0.2) is 0 Å². The zero-order valence-corrected chi connectivity index (χ0v) is 11.6. The Hall–Kier alpha value is -1.04. The Balaban J connectivity index is 2.19. The molecule has 0 bridgehead atoms. The number of anilines is 1. The van der Waals surface area contributed by atoms with Crippen LogP contribution in [0.25, 0.3) is 0 Å². The molecule has 0 atom stereocenters. The van der Waals surface area contributed by atoms with Crippen LogP contribution in [0.1, 0.15) is 9.67 Å². The van der Waals surface area contributed by atoms with Gasteiger partial charge in [0.05, 0.1) is 5.02 Å². The van der Waals surface area contributed by atoms with E-state index < -0.39 is 0 Å². The lowest BCUT2D eigenvalue weighted by Gasteiger charge is -2.05. The van der Waals surface area contributed by atoms with E-state index in [4.69, 9.17) is 11.6 Å². The lowest BCUT2D eigenvalue weighted by atomic mass is 10.3. The molecule has 1 heterocycles. The van der Waals surface area contributed by atoms with Crippen LogP contribution in [-0.2, 0) is 0 Å². The smallest absolute Gasteiger partial charge is 0.266 e. The van der Waals surface area contributed by atoms with Crippen molar-refractivity contribution in [1.82, 2.24) is 0 Å². The van der Waals surface area contributed by atoms with Crippen LogP contribution in [0, 0.1) is 0 Å². The molecule has 0 spiro atoms. The number of amides is 1. The fourth-order valence-corrected chi connectivity index (χ4v) is 2.86. The van der Waals surface area contributed by atoms with E-state index >= 15 is 0 Å². The maximum atomic E-state index is 11.9. The fourth-order valence-electron chi connectivity index (χ4n) is 1.23. The van der Waals surface area contributed by atoms with E-state index in [0.29, 0.717) is 10.6 Å². The van der Waals surface area contributed by atoms with Crippen molar-refractivity contribution in [2.24, 2.45) is 0 Å². The topological polar surface area (TPSA) is 49.3 Å². The number of hydrogen-bond donors (Lipinski definition) is 2. The third-order valence-corrected chi connectivity index (χ3v) is 4.17. The summed E-state index contributed by atoms with van der Waals surface area (Å²) >= 11 is 10.4. The molecule has 88 valence electrons. The van der Waals surface area contributed by atoms with Gasteiger partial charge in [-0.2, -0.15) is 0 Å². The zero-order valence-electron chi connectivity index (χ0n) is 8.41. The molecular weight excluding hydrogens is 326 g/mol. The summed E-state index contributed by atoms with van der Waals surface area (Å²) in [6, 6.07) is 6.32. The number of aromatic hydroxyl groups is 1. The van der Waals surface area contributed by atoms with Crippen LogP contribution in [-0.4, -0.2) is 11.0 Å². The van der Waals surface area contributed by atoms with Crippen molar-refractivity contribution in [2.45, 2.75) is 0 Å². The predicted molar refractivity (Wildman–Crippen MR) is 73.1 cm³/mol. The first-order valence-corrected chi connectivity index (χ1v) is 6.66. The number of phenolic OH excluding ortho intramolecular Hbond substituents is 1. The molecule has 17 heavy (non-hydrogen) atoms. The summed E-state index contributed by atoms with van der Waals surface area (Å²) in [5.74, 6) is -0.226. The second kappa shape index (κ2) is 5.08. The Bertz CT molecular complexity index is 570. The van der Waals surface area contributed by atoms with Crippen LogP contribution in [0.3, 0.4) is 0 Å². The molecule has 1 aromatic heterocycles. The lowest BCUT2D eigenvalue weighted by molar-refractivity contribution is 0.103. The summed E-state index contributed by atoms with van der Waals surface area (Å²) < 4.78 is 0.755. The van der Waals surface area contributed by atoms with Gasteiger partial charge in [0.15, 0.2) is 0 Å². The first-order chi connectivity index (χ1) is 8.08. The molecule has 1 aromatic carbocycles. The van der Waals surface area contributed by atoms with Gasteiger partial charge in [-0.15, -0.1) is 11.3 Å². The standard InChI is InChI=1S/C11H7BrClNO2S/c12-7-3-4-17-10(7)11(16)14-6-1-2-9(15)8(13)5-6/h1-5,15H,(H,14,16). The molecule has 0 aliphatic rings. The quantitative estimate of drug-likeness (QED) is 0.813. The first kappa shape index (κ1) is 12.4. The van der Waals surface area contributed by atoms with Crippen molar-refractivity contribution in [3.05, 3.63) is 44.0 Å². The summed E-state index contributed by atoms with van der Waals surface area (Å²) in [6.07, 6.45) is 0. The fraction of sp³-hybridized carbons (Fsp3) is 0. The van der Waals surface area contributed by atoms with Gasteiger partial charge in [0.25, 0.3) is 5.91 Å². The van der Waals surface area contributed by atoms with Crippen LogP contribution >= 0.6 is 38.9 Å². The van der Waals surface area contributed by atoms with E-state index in [9.17, 15) is 9.90 Å². The first-order valence-electron chi connectivity index (χ1n) is 4.61. The Morgan fingerprint density at radius 1 is 1.41 bits per heavy atom.